The van der Waals surface area contributed by atoms with Gasteiger partial charge in [-0.2, -0.15) is 0 Å². The van der Waals surface area contributed by atoms with Crippen molar-refractivity contribution in [2.75, 3.05) is 10.6 Å². The van der Waals surface area contributed by atoms with Crippen LogP contribution in [0.5, 0.6) is 0 Å². The molecule has 0 aliphatic rings. The second-order valence-electron chi connectivity index (χ2n) is 5.11. The van der Waals surface area contributed by atoms with Crippen LogP contribution in [0, 0.1) is 5.82 Å². The topological polar surface area (TPSA) is 114 Å². The number of anilines is 2. The van der Waals surface area contributed by atoms with E-state index in [0.29, 0.717) is 16.5 Å². The minimum Gasteiger partial charge on any atom is -0.332 e. The van der Waals surface area contributed by atoms with Gasteiger partial charge in [-0.05, 0) is 24.3 Å². The van der Waals surface area contributed by atoms with Crippen molar-refractivity contribution in [3.05, 3.63) is 53.6 Å². The Bertz CT molecular complexity index is 880. The Morgan fingerprint density at radius 3 is 2.73 bits per heavy atom. The number of nitrogens with zero attached hydrogens (tertiary/aromatic N) is 4. The first kappa shape index (κ1) is 17.5. The smallest absolute Gasteiger partial charge is 0.319 e. The van der Waals surface area contributed by atoms with Gasteiger partial charge in [0.25, 0.3) is 0 Å². The van der Waals surface area contributed by atoms with Gasteiger partial charge in [0.2, 0.25) is 5.91 Å². The van der Waals surface area contributed by atoms with E-state index in [9.17, 15) is 14.0 Å². The van der Waals surface area contributed by atoms with Crippen LogP contribution in [0.4, 0.5) is 20.0 Å². The second-order valence-corrected chi connectivity index (χ2v) is 6.00. The van der Waals surface area contributed by atoms with Crippen LogP contribution in [-0.2, 0) is 17.9 Å². The van der Waals surface area contributed by atoms with Crippen molar-refractivity contribution in [2.24, 2.45) is 0 Å². The molecule has 3 amide bonds. The SMILES string of the molecule is O=C(Cn1cc(CNC(=O)Nc2ccc(F)cc2)nn1)Nc1nccs1. The molecule has 2 aromatic heterocycles. The van der Waals surface area contributed by atoms with Crippen LogP contribution in [0.3, 0.4) is 0 Å². The van der Waals surface area contributed by atoms with E-state index in [-0.39, 0.29) is 24.8 Å². The van der Waals surface area contributed by atoms with Crippen molar-refractivity contribution < 1.29 is 14.0 Å². The van der Waals surface area contributed by atoms with Crippen LogP contribution in [0.15, 0.2) is 42.0 Å². The number of hydrogen-bond donors (Lipinski definition) is 3. The van der Waals surface area contributed by atoms with Crippen LogP contribution < -0.4 is 16.0 Å². The van der Waals surface area contributed by atoms with Crippen molar-refractivity contribution in [2.45, 2.75) is 13.1 Å². The fraction of sp³-hybridized carbons (Fsp3) is 0.133. The van der Waals surface area contributed by atoms with E-state index in [2.05, 4.69) is 31.2 Å². The largest absolute Gasteiger partial charge is 0.332 e. The average Bonchev–Trinajstić information content (AvgIpc) is 3.27. The number of hydrogen-bond acceptors (Lipinski definition) is 6. The van der Waals surface area contributed by atoms with Crippen molar-refractivity contribution in [3.8, 4) is 0 Å². The summed E-state index contributed by atoms with van der Waals surface area (Å²) in [4.78, 5) is 27.6. The number of benzene rings is 1. The molecule has 26 heavy (non-hydrogen) atoms. The summed E-state index contributed by atoms with van der Waals surface area (Å²) in [6.07, 6.45) is 3.15. The lowest BCUT2D eigenvalue weighted by Gasteiger charge is -2.05. The van der Waals surface area contributed by atoms with Gasteiger partial charge in [-0.3, -0.25) is 4.79 Å². The monoisotopic (exact) mass is 375 g/mol. The Morgan fingerprint density at radius 2 is 2.00 bits per heavy atom. The first-order valence-electron chi connectivity index (χ1n) is 7.47. The Labute approximate surface area is 151 Å². The van der Waals surface area contributed by atoms with Gasteiger partial charge < -0.3 is 16.0 Å². The maximum Gasteiger partial charge on any atom is 0.319 e. The Kier molecular flexibility index (Phi) is 5.49. The number of carbonyl (C=O) groups is 2. The summed E-state index contributed by atoms with van der Waals surface area (Å²) in [6, 6.07) is 4.93. The number of carbonyl (C=O) groups excluding carboxylic acids is 2. The fourth-order valence-electron chi connectivity index (χ4n) is 1.97. The Balaban J connectivity index is 1.45. The molecule has 0 aliphatic heterocycles. The number of aromatic nitrogens is 4. The number of amides is 3. The minimum atomic E-state index is -0.465. The van der Waals surface area contributed by atoms with Crippen LogP contribution in [-0.4, -0.2) is 31.9 Å². The molecule has 0 fully saturated rings. The molecule has 9 nitrogen and oxygen atoms in total. The molecule has 2 heterocycles. The van der Waals surface area contributed by atoms with E-state index in [4.69, 9.17) is 0 Å². The summed E-state index contributed by atoms with van der Waals surface area (Å²) in [7, 11) is 0. The molecule has 0 aliphatic carbocycles. The summed E-state index contributed by atoms with van der Waals surface area (Å²) in [5.41, 5.74) is 0.952. The van der Waals surface area contributed by atoms with Gasteiger partial charge in [-0.15, -0.1) is 16.4 Å². The molecule has 134 valence electrons. The molecule has 0 atom stereocenters. The molecule has 0 saturated carbocycles. The second kappa shape index (κ2) is 8.16. The lowest BCUT2D eigenvalue weighted by Crippen LogP contribution is -2.28. The summed E-state index contributed by atoms with van der Waals surface area (Å²) in [6.45, 7) is 0.107. The highest BCUT2D eigenvalue weighted by Crippen LogP contribution is 2.10. The number of nitrogens with one attached hydrogen (secondary N) is 3. The molecule has 0 saturated heterocycles. The van der Waals surface area contributed by atoms with Gasteiger partial charge in [0.05, 0.1) is 12.7 Å². The first-order valence-corrected chi connectivity index (χ1v) is 8.35. The van der Waals surface area contributed by atoms with Crippen LogP contribution >= 0.6 is 11.3 Å². The van der Waals surface area contributed by atoms with E-state index in [1.165, 1.54) is 40.3 Å². The number of thiazole rings is 1. The molecule has 0 spiro atoms. The lowest BCUT2D eigenvalue weighted by atomic mass is 10.3. The zero-order valence-corrected chi connectivity index (χ0v) is 14.2. The van der Waals surface area contributed by atoms with Crippen LogP contribution in [0.2, 0.25) is 0 Å². The molecule has 3 N–H and O–H groups in total. The zero-order chi connectivity index (χ0) is 18.4. The number of halogens is 1. The van der Waals surface area contributed by atoms with Gasteiger partial charge in [-0.1, -0.05) is 5.21 Å². The first-order chi connectivity index (χ1) is 12.6. The van der Waals surface area contributed by atoms with E-state index in [1.54, 1.807) is 17.8 Å². The van der Waals surface area contributed by atoms with Crippen molar-refractivity contribution in [3.63, 3.8) is 0 Å². The molecule has 0 bridgehead atoms. The maximum absolute atomic E-state index is 12.8. The van der Waals surface area contributed by atoms with Crippen molar-refractivity contribution in [1.82, 2.24) is 25.3 Å². The minimum absolute atomic E-state index is 0.0195. The highest BCUT2D eigenvalue weighted by molar-refractivity contribution is 7.13. The van der Waals surface area contributed by atoms with E-state index < -0.39 is 6.03 Å². The van der Waals surface area contributed by atoms with Crippen LogP contribution in [0.25, 0.3) is 0 Å². The zero-order valence-electron chi connectivity index (χ0n) is 13.3. The van der Waals surface area contributed by atoms with E-state index >= 15 is 0 Å². The molecular formula is C15H14FN7O2S. The third-order valence-electron chi connectivity index (χ3n) is 3.10. The summed E-state index contributed by atoms with van der Waals surface area (Å²) in [5, 5.41) is 17.8. The summed E-state index contributed by atoms with van der Waals surface area (Å²) >= 11 is 1.32. The van der Waals surface area contributed by atoms with Gasteiger partial charge in [0.15, 0.2) is 5.13 Å². The maximum atomic E-state index is 12.8. The Hall–Kier alpha value is -3.34. The standard InChI is InChI=1S/C15H14FN7O2S/c16-10-1-3-11(4-2-10)19-14(25)18-7-12-8-23(22-21-12)9-13(24)20-15-17-5-6-26-15/h1-6,8H,7,9H2,(H,17,20,24)(H2,18,19,25). The highest BCUT2D eigenvalue weighted by Gasteiger charge is 2.09. The lowest BCUT2D eigenvalue weighted by molar-refractivity contribution is -0.116. The number of urea groups is 1. The molecule has 0 radical (unpaired) electrons. The van der Waals surface area contributed by atoms with Gasteiger partial charge in [0, 0.05) is 17.3 Å². The van der Waals surface area contributed by atoms with E-state index in [0.717, 1.165) is 0 Å². The normalized spacial score (nSPS) is 10.3. The summed E-state index contributed by atoms with van der Waals surface area (Å²) < 4.78 is 14.2. The Morgan fingerprint density at radius 1 is 1.19 bits per heavy atom. The van der Waals surface area contributed by atoms with Crippen LogP contribution in [0.1, 0.15) is 5.69 Å². The number of rotatable bonds is 6. The predicted octanol–water partition coefficient (Wildman–Crippen LogP) is 1.83. The molecule has 1 aromatic carbocycles. The third kappa shape index (κ3) is 5.08. The van der Waals surface area contributed by atoms with E-state index in [1.807, 2.05) is 0 Å². The summed E-state index contributed by atoms with van der Waals surface area (Å²) in [5.74, 6) is -0.662. The highest BCUT2D eigenvalue weighted by atomic mass is 32.1. The van der Waals surface area contributed by atoms with Gasteiger partial charge in [0.1, 0.15) is 18.1 Å². The van der Waals surface area contributed by atoms with Gasteiger partial charge in [-0.25, -0.2) is 18.9 Å². The molecule has 0 unspecified atom stereocenters. The molecule has 3 rings (SSSR count). The quantitative estimate of drug-likeness (QED) is 0.608. The third-order valence-corrected chi connectivity index (χ3v) is 3.79. The molecular weight excluding hydrogens is 361 g/mol. The fourth-order valence-corrected chi connectivity index (χ4v) is 2.51. The average molecular weight is 375 g/mol. The molecule has 3 aromatic rings. The molecule has 11 heteroatoms. The van der Waals surface area contributed by atoms with Gasteiger partial charge >= 0.3 is 6.03 Å². The van der Waals surface area contributed by atoms with Crippen molar-refractivity contribution in [1.29, 1.82) is 0 Å². The van der Waals surface area contributed by atoms with Crippen molar-refractivity contribution >= 4 is 34.1 Å². The predicted molar refractivity (Wildman–Crippen MR) is 93.0 cm³/mol.